The second-order valence-electron chi connectivity index (χ2n) is 31.8. The highest BCUT2D eigenvalue weighted by Gasteiger charge is 2.25. The molecule has 12 aromatic rings. The number of carbonyl (C=O) groups is 12. The highest BCUT2D eigenvalue weighted by molar-refractivity contribution is 6.07. The van der Waals surface area contributed by atoms with Crippen LogP contribution in [-0.4, -0.2) is 171 Å². The van der Waals surface area contributed by atoms with Gasteiger partial charge in [-0.05, 0) is 189 Å². The first-order chi connectivity index (χ1) is 66.9. The van der Waals surface area contributed by atoms with Crippen molar-refractivity contribution in [3.05, 3.63) is 333 Å². The van der Waals surface area contributed by atoms with Gasteiger partial charge >= 0.3 is 0 Å². The molecule has 0 saturated heterocycles. The number of fused-ring (bicyclic) bond motifs is 6. The molecule has 708 valence electrons. The lowest BCUT2D eigenvalue weighted by Crippen LogP contribution is -2.16. The summed E-state index contributed by atoms with van der Waals surface area (Å²) in [6, 6.07) is 72.2. The third-order valence-corrected chi connectivity index (χ3v) is 22.1. The third kappa shape index (κ3) is 28.5. The van der Waals surface area contributed by atoms with Crippen molar-refractivity contribution < 1.29 is 134 Å². The van der Waals surface area contributed by atoms with E-state index in [0.29, 0.717) is 215 Å². The normalized spacial score (nSPS) is 12.7. The van der Waals surface area contributed by atoms with Crippen LogP contribution in [0.4, 0.5) is 0 Å². The molecule has 0 aliphatic carbocycles. The fraction of sp³-hybridized carbons (Fsp3) is 0.236. The molecule has 6 aliphatic heterocycles. The lowest BCUT2D eigenvalue weighted by atomic mass is 10.0. The standard InChI is InChI=1S/C19H18O5.C19H18O4.3C18H16O5.C18H16O4/c1-22-15-5-2-13(3-6-15)16(20)7-8-17(21)14-4-9-18-19(12-14)24-11-10-23-18;1-13-2-4-14(5-3-13)16(20)7-8-17(21)15-6-9-18-19(12-15)23-11-10-22-18;19-14-4-1-12(2-5-14)15(20)6-7-16(21)13-3-8-17-18(11-13)23-10-9-22-17;19-14-3-1-2-12(10-14)15(20)5-6-16(21)13-4-7-17-18(11-13)23-9-8-22-17;19-14(6-7-16(21)13-3-1-2-4-15(13)20)12-5-8-17-18(11-12)23-10-9-22-17;19-15(13-4-2-1-3-5-13)7-8-16(20)14-6-9-17-18(12-14)22-11-10-21-17/h2-6,9,12H,7-8,10-11H2,1H3;2-6,9,12H,7-8,10-11H2,1H3;1-5,8,11,19H,6-7,9-10H2;1-4,7,10-11,19H,5-6,8-9H2;1-5,8,11,20H,6-7,9-10H2;1-6,9,12H,7-8,10-11H2. The van der Waals surface area contributed by atoms with Crippen LogP contribution in [0.2, 0.25) is 0 Å². The van der Waals surface area contributed by atoms with Crippen molar-refractivity contribution in [2.24, 2.45) is 0 Å². The van der Waals surface area contributed by atoms with Gasteiger partial charge in [0.15, 0.2) is 138 Å². The number of rotatable bonds is 31. The molecule has 0 spiro atoms. The third-order valence-electron chi connectivity index (χ3n) is 22.1. The van der Waals surface area contributed by atoms with Crippen LogP contribution in [0, 0.1) is 6.92 Å². The Hall–Kier alpha value is -16.5. The van der Waals surface area contributed by atoms with E-state index in [4.69, 9.17) is 61.6 Å². The van der Waals surface area contributed by atoms with Gasteiger partial charge in [-0.15, -0.1) is 0 Å². The minimum absolute atomic E-state index is 0.0177. The molecule has 0 atom stereocenters. The number of hydrogen-bond donors (Lipinski definition) is 3. The van der Waals surface area contributed by atoms with Crippen molar-refractivity contribution in [3.8, 4) is 92.0 Å². The Morgan fingerprint density at radius 3 is 0.703 bits per heavy atom. The van der Waals surface area contributed by atoms with E-state index in [-0.39, 0.29) is 169 Å². The van der Waals surface area contributed by atoms with Gasteiger partial charge in [0.05, 0.1) is 12.7 Å². The molecule has 18 rings (SSSR count). The predicted molar refractivity (Wildman–Crippen MR) is 507 cm³/mol. The molecule has 28 heteroatoms. The lowest BCUT2D eigenvalue weighted by Gasteiger charge is -2.18. The quantitative estimate of drug-likeness (QED) is 0.0340. The lowest BCUT2D eigenvalue weighted by molar-refractivity contribution is 0.0915. The zero-order chi connectivity index (χ0) is 97.2. The van der Waals surface area contributed by atoms with Crippen molar-refractivity contribution >= 4 is 69.4 Å². The number of carbonyl (C=O) groups excluding carboxylic acids is 12. The Kier molecular flexibility index (Phi) is 35.5. The molecule has 6 heterocycles. The van der Waals surface area contributed by atoms with E-state index in [1.165, 1.54) is 30.3 Å². The van der Waals surface area contributed by atoms with E-state index in [1.54, 1.807) is 207 Å². The van der Waals surface area contributed by atoms with Gasteiger partial charge in [-0.25, -0.2) is 0 Å². The Bertz CT molecular complexity index is 6270. The summed E-state index contributed by atoms with van der Waals surface area (Å²) in [7, 11) is 1.57. The summed E-state index contributed by atoms with van der Waals surface area (Å²) in [6.07, 6.45) is 1.68. The van der Waals surface area contributed by atoms with Crippen LogP contribution < -0.4 is 61.6 Å². The molecule has 0 radical (unpaired) electrons. The zero-order valence-corrected chi connectivity index (χ0v) is 75.8. The summed E-state index contributed by atoms with van der Waals surface area (Å²) in [6.45, 7) is 7.83. The minimum Gasteiger partial charge on any atom is -0.508 e. The summed E-state index contributed by atoms with van der Waals surface area (Å²) >= 11 is 0. The van der Waals surface area contributed by atoms with Gasteiger partial charge in [0.1, 0.15) is 102 Å². The van der Waals surface area contributed by atoms with Gasteiger partial charge < -0.3 is 76.9 Å². The first-order valence-corrected chi connectivity index (χ1v) is 44.8. The van der Waals surface area contributed by atoms with Crippen molar-refractivity contribution in [1.82, 2.24) is 0 Å². The fourth-order valence-corrected chi connectivity index (χ4v) is 14.6. The molecule has 0 saturated carbocycles. The number of methoxy groups -OCH3 is 1. The van der Waals surface area contributed by atoms with Gasteiger partial charge in [0.25, 0.3) is 0 Å². The Balaban J connectivity index is 0.000000140. The number of phenolic OH excluding ortho intramolecular Hbond substituents is 3. The average Bonchev–Trinajstić information content (AvgIpc) is 0.844. The topological polar surface area (TPSA) is 386 Å². The molecular formula is C110H100O28. The van der Waals surface area contributed by atoms with Crippen LogP contribution in [0.25, 0.3) is 0 Å². The van der Waals surface area contributed by atoms with Crippen LogP contribution in [0.15, 0.2) is 261 Å². The molecule has 28 nitrogen and oxygen atoms in total. The highest BCUT2D eigenvalue weighted by atomic mass is 16.6. The Labute approximate surface area is 795 Å². The van der Waals surface area contributed by atoms with Gasteiger partial charge in [-0.2, -0.15) is 0 Å². The number of aryl methyl sites for hydroxylation is 1. The zero-order valence-electron chi connectivity index (χ0n) is 75.8. The molecule has 12 aromatic carbocycles. The number of ketones is 12. The average molecular weight is 1870 g/mol. The molecule has 3 N–H and O–H groups in total. The van der Waals surface area contributed by atoms with E-state index in [9.17, 15) is 72.9 Å². The van der Waals surface area contributed by atoms with Crippen molar-refractivity contribution in [2.75, 3.05) is 86.4 Å². The molecule has 6 aliphatic rings. The number of benzene rings is 12. The number of hydrogen-bond acceptors (Lipinski definition) is 28. The second kappa shape index (κ2) is 49.5. The molecule has 0 fully saturated rings. The van der Waals surface area contributed by atoms with Crippen LogP contribution >= 0.6 is 0 Å². The van der Waals surface area contributed by atoms with E-state index in [2.05, 4.69) is 0 Å². The summed E-state index contributed by atoms with van der Waals surface area (Å²) in [4.78, 5) is 146. The molecule has 138 heavy (non-hydrogen) atoms. The van der Waals surface area contributed by atoms with Crippen molar-refractivity contribution in [3.63, 3.8) is 0 Å². The SMILES string of the molecule is COc1ccc(C(=O)CCC(=O)c2ccc3c(c2)OCCO3)cc1.Cc1ccc(C(=O)CCC(=O)c2ccc3c(c2)OCCO3)cc1.O=C(CCC(=O)c1ccc2c(c1)OCCO2)c1ccc(O)cc1.O=C(CCC(=O)c1ccc2c(c1)OCCO2)c1cccc(O)c1.O=C(CCC(=O)c1ccc2c(c1)OCCO2)c1ccccc1.O=C(CCC(=O)c1ccccc1O)c1ccc2c(c1)OCCO2. The van der Waals surface area contributed by atoms with Crippen LogP contribution in [0.3, 0.4) is 0 Å². The van der Waals surface area contributed by atoms with E-state index in [1.807, 2.05) is 37.3 Å². The number of Topliss-reactive ketones (excluding diaryl/α,β-unsaturated/α-hetero) is 12. The minimum atomic E-state index is -0.256. The summed E-state index contributed by atoms with van der Waals surface area (Å²) < 4.78 is 70.4. The first-order valence-electron chi connectivity index (χ1n) is 44.8. The number of phenols is 3. The van der Waals surface area contributed by atoms with Gasteiger partial charge in [-0.3, -0.25) is 57.5 Å². The van der Waals surface area contributed by atoms with E-state index < -0.39 is 0 Å². The summed E-state index contributed by atoms with van der Waals surface area (Å²) in [5, 5.41) is 28.3. The van der Waals surface area contributed by atoms with Crippen LogP contribution in [0.5, 0.6) is 92.0 Å². The molecular weight excluding hydrogens is 1770 g/mol. The molecule has 0 unspecified atom stereocenters. The second-order valence-corrected chi connectivity index (χ2v) is 31.8. The Morgan fingerprint density at radius 2 is 0.428 bits per heavy atom. The van der Waals surface area contributed by atoms with Crippen LogP contribution in [-0.2, 0) is 0 Å². The smallest absolute Gasteiger partial charge is 0.167 e. The van der Waals surface area contributed by atoms with E-state index >= 15 is 0 Å². The van der Waals surface area contributed by atoms with Crippen LogP contribution in [0.1, 0.15) is 207 Å². The maximum Gasteiger partial charge on any atom is 0.167 e. The summed E-state index contributed by atoms with van der Waals surface area (Å²) in [5.41, 5.74) is 7.20. The molecule has 0 amide bonds. The molecule has 0 aromatic heterocycles. The van der Waals surface area contributed by atoms with Gasteiger partial charge in [0, 0.05) is 138 Å². The van der Waals surface area contributed by atoms with Crippen molar-refractivity contribution in [1.29, 1.82) is 0 Å². The molecule has 0 bridgehead atoms. The highest BCUT2D eigenvalue weighted by Crippen LogP contribution is 2.38. The maximum absolute atomic E-state index is 12.3. The fourth-order valence-electron chi connectivity index (χ4n) is 14.6. The monoisotopic (exact) mass is 1870 g/mol. The first kappa shape index (κ1) is 99.0. The predicted octanol–water partition coefficient (Wildman–Crippen LogP) is 19.3. The number of ether oxygens (including phenoxy) is 13. The van der Waals surface area contributed by atoms with Gasteiger partial charge in [-0.1, -0.05) is 84.4 Å². The number of para-hydroxylation sites is 1. The Morgan fingerprint density at radius 1 is 0.210 bits per heavy atom. The summed E-state index contributed by atoms with van der Waals surface area (Å²) in [5.74, 6) is 6.75. The number of aromatic hydroxyl groups is 3. The van der Waals surface area contributed by atoms with Gasteiger partial charge in [0.2, 0.25) is 0 Å². The van der Waals surface area contributed by atoms with Crippen molar-refractivity contribution in [2.45, 2.75) is 84.0 Å². The maximum atomic E-state index is 12.3. The van der Waals surface area contributed by atoms with E-state index in [0.717, 1.165) is 5.56 Å². The largest absolute Gasteiger partial charge is 0.508 e.